The summed E-state index contributed by atoms with van der Waals surface area (Å²) in [4.78, 5) is 13.4. The molecule has 0 aliphatic carbocycles. The van der Waals surface area contributed by atoms with Gasteiger partial charge in [-0.15, -0.1) is 0 Å². The Kier molecular flexibility index (Phi) is 4.22. The predicted octanol–water partition coefficient (Wildman–Crippen LogP) is 4.93. The molecule has 1 N–H and O–H groups in total. The van der Waals surface area contributed by atoms with Gasteiger partial charge in [-0.3, -0.25) is 0 Å². The normalized spacial score (nSPS) is 10.9. The molecule has 6 heteroatoms. The van der Waals surface area contributed by atoms with Crippen molar-refractivity contribution in [3.05, 3.63) is 91.0 Å². The molecule has 3 heterocycles. The minimum atomic E-state index is 0.716. The molecule has 5 aromatic rings. The zero-order chi connectivity index (χ0) is 19.6. The highest BCUT2D eigenvalue weighted by Gasteiger charge is 2.11. The van der Waals surface area contributed by atoms with Crippen molar-refractivity contribution in [2.75, 3.05) is 5.32 Å². The number of nitrogens with one attached hydrogen (secondary N) is 1. The van der Waals surface area contributed by atoms with E-state index in [1.54, 1.807) is 12.5 Å². The summed E-state index contributed by atoms with van der Waals surface area (Å²) in [6, 6.07) is 24.0. The highest BCUT2D eigenvalue weighted by molar-refractivity contribution is 5.83. The van der Waals surface area contributed by atoms with Crippen LogP contribution in [0.3, 0.4) is 0 Å². The third-order valence-corrected chi connectivity index (χ3v) is 4.72. The van der Waals surface area contributed by atoms with Gasteiger partial charge in [-0.1, -0.05) is 48.5 Å². The summed E-state index contributed by atoms with van der Waals surface area (Å²) in [5, 5.41) is 8.99. The third kappa shape index (κ3) is 3.32. The molecule has 0 atom stereocenters. The van der Waals surface area contributed by atoms with E-state index in [1.165, 1.54) is 0 Å². The summed E-state index contributed by atoms with van der Waals surface area (Å²) in [5.41, 5.74) is 5.50. The molecule has 0 aliphatic heterocycles. The maximum Gasteiger partial charge on any atom is 0.163 e. The Bertz CT molecular complexity index is 1280. The molecule has 29 heavy (non-hydrogen) atoms. The van der Waals surface area contributed by atoms with Crippen LogP contribution in [-0.2, 0) is 0 Å². The van der Waals surface area contributed by atoms with E-state index in [4.69, 9.17) is 0 Å². The zero-order valence-electron chi connectivity index (χ0n) is 15.8. The molecule has 3 aromatic heterocycles. The molecule has 0 bridgehead atoms. The molecule has 0 saturated carbocycles. The Morgan fingerprint density at radius 2 is 1.59 bits per heavy atom. The van der Waals surface area contributed by atoms with Gasteiger partial charge < -0.3 is 5.32 Å². The number of nitrogens with zero attached hydrogens (tertiary/aromatic N) is 5. The molecule has 0 saturated heterocycles. The quantitative estimate of drug-likeness (QED) is 0.480. The Balaban J connectivity index is 1.49. The molecule has 0 amide bonds. The predicted molar refractivity (Wildman–Crippen MR) is 114 cm³/mol. The van der Waals surface area contributed by atoms with Gasteiger partial charge in [0.15, 0.2) is 5.65 Å². The number of rotatable bonds is 4. The van der Waals surface area contributed by atoms with Gasteiger partial charge in [-0.2, -0.15) is 5.10 Å². The first-order chi connectivity index (χ1) is 14.3. The van der Waals surface area contributed by atoms with Crippen LogP contribution in [-0.4, -0.2) is 24.7 Å². The van der Waals surface area contributed by atoms with Crippen LogP contribution in [0.1, 0.15) is 5.69 Å². The van der Waals surface area contributed by atoms with Crippen molar-refractivity contribution in [1.82, 2.24) is 24.7 Å². The fraction of sp³-hybridized carbons (Fsp3) is 0.0435. The average Bonchev–Trinajstić information content (AvgIpc) is 3.11. The fourth-order valence-corrected chi connectivity index (χ4v) is 3.30. The number of hydrogen-bond donors (Lipinski definition) is 1. The second-order valence-corrected chi connectivity index (χ2v) is 6.71. The van der Waals surface area contributed by atoms with Crippen molar-refractivity contribution in [3.8, 4) is 16.9 Å². The van der Waals surface area contributed by atoms with E-state index in [9.17, 15) is 0 Å². The number of fused-ring (bicyclic) bond motifs is 1. The molecule has 0 radical (unpaired) electrons. The lowest BCUT2D eigenvalue weighted by molar-refractivity contribution is 0.878. The number of hydrogen-bond acceptors (Lipinski definition) is 5. The van der Waals surface area contributed by atoms with E-state index < -0.39 is 0 Å². The fourth-order valence-electron chi connectivity index (χ4n) is 3.30. The topological polar surface area (TPSA) is 68.5 Å². The van der Waals surface area contributed by atoms with Crippen LogP contribution in [0, 0.1) is 6.92 Å². The summed E-state index contributed by atoms with van der Waals surface area (Å²) in [5.74, 6) is 0.716. The molecule has 0 fully saturated rings. The Morgan fingerprint density at radius 3 is 2.38 bits per heavy atom. The van der Waals surface area contributed by atoms with Crippen molar-refractivity contribution in [3.63, 3.8) is 0 Å². The molecule has 0 aliphatic rings. The first-order valence-corrected chi connectivity index (χ1v) is 9.33. The van der Waals surface area contributed by atoms with Crippen molar-refractivity contribution >= 4 is 22.5 Å². The van der Waals surface area contributed by atoms with Crippen LogP contribution < -0.4 is 5.32 Å². The van der Waals surface area contributed by atoms with Crippen LogP contribution in [0.15, 0.2) is 85.3 Å². The molecular formula is C23H18N6. The smallest absolute Gasteiger partial charge is 0.163 e. The van der Waals surface area contributed by atoms with Crippen LogP contribution in [0.4, 0.5) is 11.5 Å². The Morgan fingerprint density at radius 1 is 0.828 bits per heavy atom. The Labute approximate surface area is 167 Å². The largest absolute Gasteiger partial charge is 0.339 e. The highest BCUT2D eigenvalue weighted by atomic mass is 15.3. The molecule has 0 spiro atoms. The van der Waals surface area contributed by atoms with Crippen LogP contribution in [0.25, 0.3) is 28.0 Å². The lowest BCUT2D eigenvalue weighted by atomic mass is 10.1. The van der Waals surface area contributed by atoms with Gasteiger partial charge in [0, 0.05) is 17.0 Å². The van der Waals surface area contributed by atoms with Gasteiger partial charge in [0.1, 0.15) is 12.1 Å². The summed E-state index contributed by atoms with van der Waals surface area (Å²) in [6.45, 7) is 1.99. The number of aryl methyl sites for hydroxylation is 1. The van der Waals surface area contributed by atoms with Gasteiger partial charge in [0.05, 0.1) is 29.0 Å². The first-order valence-electron chi connectivity index (χ1n) is 9.33. The molecule has 5 rings (SSSR count). The van der Waals surface area contributed by atoms with E-state index in [0.717, 1.165) is 39.4 Å². The lowest BCUT2D eigenvalue weighted by Gasteiger charge is -2.08. The van der Waals surface area contributed by atoms with E-state index >= 15 is 0 Å². The third-order valence-electron chi connectivity index (χ3n) is 4.72. The highest BCUT2D eigenvalue weighted by Crippen LogP contribution is 2.25. The van der Waals surface area contributed by atoms with Gasteiger partial charge in [-0.25, -0.2) is 19.6 Å². The maximum absolute atomic E-state index is 4.66. The molecule has 2 aromatic carbocycles. The van der Waals surface area contributed by atoms with E-state index in [0.29, 0.717) is 5.82 Å². The van der Waals surface area contributed by atoms with E-state index in [-0.39, 0.29) is 0 Å². The lowest BCUT2D eigenvalue weighted by Crippen LogP contribution is -1.98. The second kappa shape index (κ2) is 7.16. The van der Waals surface area contributed by atoms with Crippen molar-refractivity contribution in [2.45, 2.75) is 6.92 Å². The Hall–Kier alpha value is -4.06. The second-order valence-electron chi connectivity index (χ2n) is 6.71. The summed E-state index contributed by atoms with van der Waals surface area (Å²) < 4.78 is 1.87. The number of pyridine rings is 1. The summed E-state index contributed by atoms with van der Waals surface area (Å²) >= 11 is 0. The molecule has 6 nitrogen and oxygen atoms in total. The van der Waals surface area contributed by atoms with Gasteiger partial charge in [-0.05, 0) is 25.1 Å². The molecule has 140 valence electrons. The average molecular weight is 378 g/mol. The minimum absolute atomic E-state index is 0.716. The number of benzene rings is 2. The summed E-state index contributed by atoms with van der Waals surface area (Å²) in [7, 11) is 0. The van der Waals surface area contributed by atoms with Crippen LogP contribution in [0.5, 0.6) is 0 Å². The summed E-state index contributed by atoms with van der Waals surface area (Å²) in [6.07, 6.45) is 3.36. The first kappa shape index (κ1) is 17.1. The number of aromatic nitrogens is 5. The van der Waals surface area contributed by atoms with Gasteiger partial charge >= 0.3 is 0 Å². The van der Waals surface area contributed by atoms with E-state index in [2.05, 4.69) is 31.4 Å². The van der Waals surface area contributed by atoms with Crippen LogP contribution in [0.2, 0.25) is 0 Å². The van der Waals surface area contributed by atoms with Crippen molar-refractivity contribution in [1.29, 1.82) is 0 Å². The van der Waals surface area contributed by atoms with E-state index in [1.807, 2.05) is 78.3 Å². The monoisotopic (exact) mass is 378 g/mol. The number of anilines is 2. The number of para-hydroxylation sites is 1. The molecule has 0 unspecified atom stereocenters. The maximum atomic E-state index is 4.66. The zero-order valence-corrected chi connectivity index (χ0v) is 15.8. The van der Waals surface area contributed by atoms with Crippen LogP contribution >= 0.6 is 0 Å². The van der Waals surface area contributed by atoms with Gasteiger partial charge in [0.25, 0.3) is 0 Å². The van der Waals surface area contributed by atoms with Crippen molar-refractivity contribution < 1.29 is 0 Å². The SMILES string of the molecule is Cc1nn(-c2ccccc2)c2ncc(Nc3cc(-c4ccccc4)ncn3)cc12. The van der Waals surface area contributed by atoms with Gasteiger partial charge in [0.2, 0.25) is 0 Å². The van der Waals surface area contributed by atoms with Crippen molar-refractivity contribution in [2.24, 2.45) is 0 Å². The molecular weight excluding hydrogens is 360 g/mol. The standard InChI is InChI=1S/C23H18N6/c1-16-20-12-18(14-24-23(20)29(28-16)19-10-6-3-7-11-19)27-22-13-21(25-15-26-22)17-8-4-2-5-9-17/h2-15H,1H3,(H,25,26,27). The minimum Gasteiger partial charge on any atom is -0.339 e.